The molecule has 0 aliphatic heterocycles. The van der Waals surface area contributed by atoms with Gasteiger partial charge >= 0.3 is 0 Å². The number of unbranched alkanes of at least 4 members (excludes halogenated alkanes) is 7. The molecule has 2 heterocycles. The highest BCUT2D eigenvalue weighted by Gasteiger charge is 2.08. The third kappa shape index (κ3) is 12.1. The lowest BCUT2D eigenvalue weighted by molar-refractivity contribution is -0.696. The maximum absolute atomic E-state index is 6.41. The summed E-state index contributed by atoms with van der Waals surface area (Å²) in [5, 5.41) is 0. The second-order valence-corrected chi connectivity index (χ2v) is 13.2. The van der Waals surface area contributed by atoms with E-state index in [1.807, 2.05) is 0 Å². The number of aryl methyl sites for hydroxylation is 2. The Balaban J connectivity index is 1.07. The minimum absolute atomic E-state index is 0.824. The maximum atomic E-state index is 6.41. The van der Waals surface area contributed by atoms with Crippen molar-refractivity contribution in [3.63, 3.8) is 0 Å². The number of nitrogens with zero attached hydrogens (tertiary/aromatic N) is 4. The van der Waals surface area contributed by atoms with Crippen LogP contribution in [0.4, 0.5) is 22.7 Å². The molecule has 4 aromatic rings. The lowest BCUT2D eigenvalue weighted by atomic mass is 10.1. The number of hydrogen-bond acceptors (Lipinski definition) is 4. The lowest BCUT2D eigenvalue weighted by Gasteiger charge is -2.20. The highest BCUT2D eigenvalue weighted by atomic mass is 15.1. The van der Waals surface area contributed by atoms with Gasteiger partial charge in [-0.1, -0.05) is 74.3 Å². The van der Waals surface area contributed by atoms with Crippen LogP contribution in [0.25, 0.3) is 24.3 Å². The quantitative estimate of drug-likeness (QED) is 0.0683. The van der Waals surface area contributed by atoms with Gasteiger partial charge in [0.15, 0.2) is 24.8 Å². The summed E-state index contributed by atoms with van der Waals surface area (Å²) in [5.74, 6) is 0. The first-order valence-corrected chi connectivity index (χ1v) is 19.1. The maximum Gasteiger partial charge on any atom is 0.192 e. The molecule has 0 bridgehead atoms. The summed E-state index contributed by atoms with van der Waals surface area (Å²) in [7, 11) is 0. The van der Waals surface area contributed by atoms with Gasteiger partial charge in [0.1, 0.15) is 24.5 Å². The van der Waals surface area contributed by atoms with Crippen LogP contribution in [-0.4, -0.2) is 26.2 Å². The second kappa shape index (κ2) is 20.8. The number of rotatable bonds is 21. The monoisotopic (exact) mass is 675 g/mol. The number of anilines is 4. The van der Waals surface area contributed by atoms with E-state index >= 15 is 0 Å². The molecule has 0 aliphatic carbocycles. The van der Waals surface area contributed by atoms with E-state index in [0.29, 0.717) is 0 Å². The van der Waals surface area contributed by atoms with Crippen LogP contribution in [-0.2, 0) is 13.1 Å². The molecule has 266 valence electrons. The molecule has 4 N–H and O–H groups in total. The van der Waals surface area contributed by atoms with Crippen LogP contribution in [0, 0.1) is 0 Å². The van der Waals surface area contributed by atoms with Crippen LogP contribution < -0.4 is 30.4 Å². The van der Waals surface area contributed by atoms with E-state index < -0.39 is 0 Å². The van der Waals surface area contributed by atoms with Crippen LogP contribution in [0.3, 0.4) is 0 Å². The van der Waals surface area contributed by atoms with Gasteiger partial charge in [0.2, 0.25) is 0 Å². The molecule has 50 heavy (non-hydrogen) atoms. The van der Waals surface area contributed by atoms with E-state index in [0.717, 1.165) is 61.8 Å². The fourth-order valence-corrected chi connectivity index (χ4v) is 6.51. The third-order valence-corrected chi connectivity index (χ3v) is 9.70. The normalized spacial score (nSPS) is 11.5. The summed E-state index contributed by atoms with van der Waals surface area (Å²) in [5.41, 5.74) is 21.5. The summed E-state index contributed by atoms with van der Waals surface area (Å²) in [6.45, 7) is 14.9. The van der Waals surface area contributed by atoms with Crippen molar-refractivity contribution in [1.29, 1.82) is 0 Å². The molecule has 0 spiro atoms. The standard InChI is InChI=1S/C44H62N6/c1-5-49(6-2)41-25-19-37(20-26-41)17-23-39-29-33-47(35-43(39)45)31-15-13-11-9-10-12-14-16-32-48-34-30-40(44(46)36-48)24-18-38-21-27-42(28-22-38)50(7-3)8-4/h17-30,33-36H,5-16,31-32,45-46H2,1-4H3/q+2. The highest BCUT2D eigenvalue weighted by Crippen LogP contribution is 2.20. The van der Waals surface area contributed by atoms with E-state index in [-0.39, 0.29) is 0 Å². The third-order valence-electron chi connectivity index (χ3n) is 9.70. The molecule has 0 saturated heterocycles. The van der Waals surface area contributed by atoms with Gasteiger partial charge in [-0.15, -0.1) is 0 Å². The van der Waals surface area contributed by atoms with E-state index in [1.54, 1.807) is 0 Å². The first kappa shape index (κ1) is 38.2. The number of hydrogen-bond donors (Lipinski definition) is 2. The second-order valence-electron chi connectivity index (χ2n) is 13.2. The predicted molar refractivity (Wildman–Crippen MR) is 217 cm³/mol. The number of nitrogens with two attached hydrogens (primary N) is 2. The van der Waals surface area contributed by atoms with Gasteiger partial charge < -0.3 is 21.3 Å². The molecule has 2 aromatic carbocycles. The smallest absolute Gasteiger partial charge is 0.192 e. The molecule has 6 heteroatoms. The van der Waals surface area contributed by atoms with Crippen molar-refractivity contribution in [3.8, 4) is 0 Å². The predicted octanol–water partition coefficient (Wildman–Crippen LogP) is 9.28. The van der Waals surface area contributed by atoms with Crippen molar-refractivity contribution in [2.75, 3.05) is 47.4 Å². The van der Waals surface area contributed by atoms with E-state index in [4.69, 9.17) is 11.5 Å². The summed E-state index contributed by atoms with van der Waals surface area (Å²) in [6, 6.07) is 21.7. The lowest BCUT2D eigenvalue weighted by Crippen LogP contribution is -2.33. The fraction of sp³-hybridized carbons (Fsp3) is 0.409. The molecule has 2 aromatic heterocycles. The molecule has 0 amide bonds. The van der Waals surface area contributed by atoms with E-state index in [1.165, 1.54) is 73.9 Å². The molecular weight excluding hydrogens is 613 g/mol. The Kier molecular flexibility index (Phi) is 15.9. The van der Waals surface area contributed by atoms with Crippen LogP contribution >= 0.6 is 0 Å². The van der Waals surface area contributed by atoms with E-state index in [2.05, 4.69) is 156 Å². The zero-order valence-electron chi connectivity index (χ0n) is 31.2. The summed E-state index contributed by atoms with van der Waals surface area (Å²) in [6.07, 6.45) is 27.1. The molecule has 0 fully saturated rings. The van der Waals surface area contributed by atoms with Gasteiger partial charge in [0.25, 0.3) is 0 Å². The Labute approximate surface area is 302 Å². The number of nitrogen functional groups attached to an aromatic ring is 2. The first-order chi connectivity index (χ1) is 24.4. The van der Waals surface area contributed by atoms with E-state index in [9.17, 15) is 0 Å². The summed E-state index contributed by atoms with van der Waals surface area (Å²) < 4.78 is 4.45. The molecule has 0 aliphatic rings. The van der Waals surface area contributed by atoms with Gasteiger partial charge in [-0.25, -0.2) is 9.13 Å². The van der Waals surface area contributed by atoms with Gasteiger partial charge in [0.05, 0.1) is 0 Å². The number of aromatic nitrogens is 2. The van der Waals surface area contributed by atoms with Crippen LogP contribution in [0.15, 0.2) is 85.5 Å². The van der Waals surface area contributed by atoms with Crippen molar-refractivity contribution >= 4 is 47.1 Å². The highest BCUT2D eigenvalue weighted by molar-refractivity contribution is 5.76. The molecule has 0 radical (unpaired) electrons. The summed E-state index contributed by atoms with van der Waals surface area (Å²) in [4.78, 5) is 4.71. The van der Waals surface area contributed by atoms with Crippen LogP contribution in [0.2, 0.25) is 0 Å². The van der Waals surface area contributed by atoms with Crippen molar-refractivity contribution < 1.29 is 9.13 Å². The first-order valence-electron chi connectivity index (χ1n) is 19.1. The Bertz CT molecular complexity index is 1490. The average molecular weight is 675 g/mol. The Morgan fingerprint density at radius 2 is 0.800 bits per heavy atom. The molecular formula is C44H62N6+2. The Morgan fingerprint density at radius 1 is 0.460 bits per heavy atom. The Hall–Kier alpha value is -4.58. The molecule has 0 saturated carbocycles. The molecule has 0 atom stereocenters. The van der Waals surface area contributed by atoms with Crippen molar-refractivity contribution in [2.45, 2.75) is 92.2 Å². The average Bonchev–Trinajstić information content (AvgIpc) is 3.13. The van der Waals surface area contributed by atoms with Crippen LogP contribution in [0.1, 0.15) is 101 Å². The van der Waals surface area contributed by atoms with Gasteiger partial charge in [0, 0.05) is 73.7 Å². The van der Waals surface area contributed by atoms with Crippen molar-refractivity contribution in [1.82, 2.24) is 0 Å². The zero-order valence-corrected chi connectivity index (χ0v) is 31.2. The van der Waals surface area contributed by atoms with Gasteiger partial charge in [-0.05, 0) is 75.9 Å². The van der Waals surface area contributed by atoms with Crippen molar-refractivity contribution in [3.05, 3.63) is 108 Å². The number of benzene rings is 2. The molecule has 6 nitrogen and oxygen atoms in total. The topological polar surface area (TPSA) is 66.3 Å². The van der Waals surface area contributed by atoms with Gasteiger partial charge in [-0.2, -0.15) is 0 Å². The fourth-order valence-electron chi connectivity index (χ4n) is 6.51. The molecule has 4 rings (SSSR count). The minimum atomic E-state index is 0.824. The Morgan fingerprint density at radius 3 is 1.12 bits per heavy atom. The number of pyridine rings is 2. The minimum Gasteiger partial charge on any atom is -0.393 e. The largest absolute Gasteiger partial charge is 0.393 e. The SMILES string of the molecule is CCN(CC)c1ccc(/C=C/c2cc[n+](CCCCCCCCCC[n+]3ccc(/C=C/c4ccc(N(CC)CC)cc4)c(N)c3)cc2N)cc1. The van der Waals surface area contributed by atoms with Crippen molar-refractivity contribution in [2.24, 2.45) is 0 Å². The summed E-state index contributed by atoms with van der Waals surface area (Å²) >= 11 is 0. The zero-order chi connectivity index (χ0) is 35.6. The van der Waals surface area contributed by atoms with Crippen LogP contribution in [0.5, 0.6) is 0 Å². The van der Waals surface area contributed by atoms with Gasteiger partial charge in [-0.3, -0.25) is 0 Å². The molecule has 0 unspecified atom stereocenters.